The van der Waals surface area contributed by atoms with Crippen molar-refractivity contribution >= 4 is 11.7 Å². The number of rotatable bonds is 4. The Kier molecular flexibility index (Phi) is 4.48. The van der Waals surface area contributed by atoms with Crippen LogP contribution in [0.15, 0.2) is 24.3 Å². The molecule has 0 aromatic heterocycles. The van der Waals surface area contributed by atoms with Gasteiger partial charge in [-0.3, -0.25) is 0 Å². The molecule has 1 aromatic carbocycles. The van der Waals surface area contributed by atoms with Crippen LogP contribution >= 0.6 is 0 Å². The average Bonchev–Trinajstić information content (AvgIpc) is 3.24. The molecule has 26 heavy (non-hydrogen) atoms. The second-order valence-electron chi connectivity index (χ2n) is 8.88. The molecule has 3 saturated heterocycles. The van der Waals surface area contributed by atoms with Crippen molar-refractivity contribution in [3.63, 3.8) is 0 Å². The van der Waals surface area contributed by atoms with E-state index < -0.39 is 0 Å². The molecule has 2 bridgehead atoms. The summed E-state index contributed by atoms with van der Waals surface area (Å²) in [6.07, 6.45) is 2.62. The zero-order valence-corrected chi connectivity index (χ0v) is 16.4. The van der Waals surface area contributed by atoms with Crippen molar-refractivity contribution in [1.29, 1.82) is 0 Å². The highest BCUT2D eigenvalue weighted by molar-refractivity contribution is 5.89. The number of fused-ring (bicyclic) bond motifs is 1. The maximum atomic E-state index is 12.8. The molecule has 0 saturated carbocycles. The van der Waals surface area contributed by atoms with Crippen LogP contribution in [0.1, 0.15) is 38.2 Å². The fourth-order valence-electron chi connectivity index (χ4n) is 5.16. The van der Waals surface area contributed by atoms with Crippen LogP contribution in [0.3, 0.4) is 0 Å². The minimum absolute atomic E-state index is 0.00160. The van der Waals surface area contributed by atoms with Gasteiger partial charge in [0.1, 0.15) is 0 Å². The number of carbonyl (C=O) groups excluding carboxylic acids is 1. The third-order valence-electron chi connectivity index (χ3n) is 6.48. The molecule has 5 heteroatoms. The van der Waals surface area contributed by atoms with E-state index in [-0.39, 0.29) is 11.6 Å². The molecule has 0 radical (unpaired) electrons. The van der Waals surface area contributed by atoms with E-state index in [4.69, 9.17) is 4.74 Å². The SMILES string of the molecule is CC(C)c1ccc(NC(=O)N2C[C@@H]3[C@H](CN(C)C)[C@H]4CC[C@]3(C2)O4)cc1. The highest BCUT2D eigenvalue weighted by Crippen LogP contribution is 2.54. The Morgan fingerprint density at radius 3 is 2.73 bits per heavy atom. The molecule has 0 aliphatic carbocycles. The number of hydrogen-bond acceptors (Lipinski definition) is 3. The smallest absolute Gasteiger partial charge is 0.321 e. The molecule has 1 spiro atoms. The summed E-state index contributed by atoms with van der Waals surface area (Å²) in [5.41, 5.74) is 2.06. The lowest BCUT2D eigenvalue weighted by Crippen LogP contribution is -2.40. The normalized spacial score (nSPS) is 32.5. The van der Waals surface area contributed by atoms with Crippen LogP contribution in [0.25, 0.3) is 0 Å². The molecule has 4 atom stereocenters. The lowest BCUT2D eigenvalue weighted by molar-refractivity contribution is 0.00534. The van der Waals surface area contributed by atoms with Crippen molar-refractivity contribution in [2.75, 3.05) is 39.0 Å². The minimum atomic E-state index is -0.0931. The van der Waals surface area contributed by atoms with Crippen LogP contribution in [0, 0.1) is 11.8 Å². The monoisotopic (exact) mass is 357 g/mol. The first-order valence-electron chi connectivity index (χ1n) is 9.86. The number of benzene rings is 1. The number of nitrogens with zero attached hydrogens (tertiary/aromatic N) is 2. The zero-order valence-electron chi connectivity index (χ0n) is 16.4. The lowest BCUT2D eigenvalue weighted by Gasteiger charge is -2.30. The van der Waals surface area contributed by atoms with Gasteiger partial charge in [-0.15, -0.1) is 0 Å². The zero-order chi connectivity index (χ0) is 18.5. The number of anilines is 1. The third kappa shape index (κ3) is 3.01. The maximum Gasteiger partial charge on any atom is 0.321 e. The van der Waals surface area contributed by atoms with Crippen molar-refractivity contribution in [2.24, 2.45) is 11.8 Å². The number of carbonyl (C=O) groups is 1. The Hall–Kier alpha value is -1.59. The molecule has 3 heterocycles. The first-order valence-corrected chi connectivity index (χ1v) is 9.86. The van der Waals surface area contributed by atoms with Gasteiger partial charge in [-0.1, -0.05) is 26.0 Å². The van der Waals surface area contributed by atoms with E-state index >= 15 is 0 Å². The molecule has 142 valence electrons. The summed E-state index contributed by atoms with van der Waals surface area (Å²) >= 11 is 0. The Morgan fingerprint density at radius 2 is 2.08 bits per heavy atom. The second-order valence-corrected chi connectivity index (χ2v) is 8.88. The highest BCUT2D eigenvalue weighted by Gasteiger charge is 2.63. The number of hydrogen-bond donors (Lipinski definition) is 1. The summed E-state index contributed by atoms with van der Waals surface area (Å²) in [4.78, 5) is 17.0. The topological polar surface area (TPSA) is 44.8 Å². The van der Waals surface area contributed by atoms with Gasteiger partial charge in [-0.25, -0.2) is 4.79 Å². The molecule has 2 amide bonds. The predicted octanol–water partition coefficient (Wildman–Crippen LogP) is 3.38. The van der Waals surface area contributed by atoms with E-state index in [0.717, 1.165) is 38.2 Å². The van der Waals surface area contributed by atoms with Gasteiger partial charge in [0.05, 0.1) is 18.2 Å². The largest absolute Gasteiger partial charge is 0.369 e. The number of nitrogens with one attached hydrogen (secondary N) is 1. The van der Waals surface area contributed by atoms with Crippen LogP contribution in [-0.4, -0.2) is 61.3 Å². The quantitative estimate of drug-likeness (QED) is 0.898. The minimum Gasteiger partial charge on any atom is -0.369 e. The van der Waals surface area contributed by atoms with E-state index in [1.165, 1.54) is 5.56 Å². The van der Waals surface area contributed by atoms with Crippen molar-refractivity contribution < 1.29 is 9.53 Å². The average molecular weight is 357 g/mol. The number of likely N-dealkylation sites (tertiary alicyclic amines) is 1. The first-order chi connectivity index (χ1) is 12.4. The summed E-state index contributed by atoms with van der Waals surface area (Å²) in [5, 5.41) is 3.07. The Labute approximate surface area is 156 Å². The Morgan fingerprint density at radius 1 is 1.35 bits per heavy atom. The molecule has 3 aliphatic rings. The van der Waals surface area contributed by atoms with Crippen molar-refractivity contribution in [2.45, 2.75) is 44.3 Å². The van der Waals surface area contributed by atoms with E-state index in [9.17, 15) is 4.79 Å². The highest BCUT2D eigenvalue weighted by atomic mass is 16.5. The Bertz CT molecular complexity index is 672. The molecule has 5 nitrogen and oxygen atoms in total. The summed E-state index contributed by atoms with van der Waals surface area (Å²) in [7, 11) is 4.25. The van der Waals surface area contributed by atoms with E-state index in [1.807, 2.05) is 17.0 Å². The van der Waals surface area contributed by atoms with Crippen LogP contribution in [0.5, 0.6) is 0 Å². The third-order valence-corrected chi connectivity index (χ3v) is 6.48. The van der Waals surface area contributed by atoms with E-state index in [0.29, 0.717) is 23.9 Å². The van der Waals surface area contributed by atoms with Gasteiger partial charge >= 0.3 is 6.03 Å². The number of amides is 2. The van der Waals surface area contributed by atoms with Gasteiger partial charge < -0.3 is 19.9 Å². The Balaban J connectivity index is 1.42. The number of urea groups is 1. The van der Waals surface area contributed by atoms with Gasteiger partial charge in [0.25, 0.3) is 0 Å². The van der Waals surface area contributed by atoms with E-state index in [1.54, 1.807) is 0 Å². The fourth-order valence-corrected chi connectivity index (χ4v) is 5.16. The summed E-state index contributed by atoms with van der Waals surface area (Å²) < 4.78 is 6.42. The molecular formula is C21H31N3O2. The molecule has 1 N–H and O–H groups in total. The molecular weight excluding hydrogens is 326 g/mol. The van der Waals surface area contributed by atoms with E-state index in [2.05, 4.69) is 50.3 Å². The summed E-state index contributed by atoms with van der Waals surface area (Å²) in [6, 6.07) is 8.19. The molecule has 0 unspecified atom stereocenters. The molecule has 3 aliphatic heterocycles. The standard InChI is InChI=1S/C21H31N3O2/c1-14(2)15-5-7-16(8-6-15)22-20(25)24-12-18-17(11-23(3)4)19-9-10-21(18,13-24)26-19/h5-8,14,17-19H,9-13H2,1-4H3,(H,22,25)/t17-,18+,19+,21+/m0/s1. The van der Waals surface area contributed by atoms with Crippen LogP contribution in [-0.2, 0) is 4.74 Å². The number of ether oxygens (including phenoxy) is 1. The molecule has 4 rings (SSSR count). The lowest BCUT2D eigenvalue weighted by atomic mass is 9.73. The van der Waals surface area contributed by atoms with Gasteiger partial charge in [-0.2, -0.15) is 0 Å². The van der Waals surface area contributed by atoms with Crippen LogP contribution < -0.4 is 5.32 Å². The predicted molar refractivity (Wildman–Crippen MR) is 103 cm³/mol. The summed E-state index contributed by atoms with van der Waals surface area (Å²) in [5.74, 6) is 1.51. The second kappa shape index (κ2) is 6.54. The molecule has 1 aromatic rings. The van der Waals surface area contributed by atoms with Gasteiger partial charge in [-0.05, 0) is 50.6 Å². The van der Waals surface area contributed by atoms with Crippen molar-refractivity contribution in [3.8, 4) is 0 Å². The van der Waals surface area contributed by atoms with Crippen LogP contribution in [0.4, 0.5) is 10.5 Å². The van der Waals surface area contributed by atoms with Crippen molar-refractivity contribution in [3.05, 3.63) is 29.8 Å². The van der Waals surface area contributed by atoms with Gasteiger partial charge in [0.15, 0.2) is 0 Å². The summed E-state index contributed by atoms with van der Waals surface area (Å²) in [6.45, 7) is 6.94. The van der Waals surface area contributed by atoms with Crippen LogP contribution in [0.2, 0.25) is 0 Å². The first kappa shape index (κ1) is 17.8. The maximum absolute atomic E-state index is 12.8. The van der Waals surface area contributed by atoms with Gasteiger partial charge in [0.2, 0.25) is 0 Å². The fraction of sp³-hybridized carbons (Fsp3) is 0.667. The van der Waals surface area contributed by atoms with Gasteiger partial charge in [0, 0.05) is 30.6 Å². The molecule has 3 fully saturated rings. The van der Waals surface area contributed by atoms with Crippen molar-refractivity contribution in [1.82, 2.24) is 9.80 Å².